The van der Waals surface area contributed by atoms with Crippen molar-refractivity contribution in [1.82, 2.24) is 10.9 Å². The minimum atomic E-state index is -1.00. The number of nitro groups is 1. The lowest BCUT2D eigenvalue weighted by molar-refractivity contribution is -0.385. The third-order valence-electron chi connectivity index (χ3n) is 3.04. The highest BCUT2D eigenvalue weighted by Crippen LogP contribution is 2.23. The molecule has 0 aliphatic heterocycles. The minimum absolute atomic E-state index is 0.250. The van der Waals surface area contributed by atoms with Gasteiger partial charge in [0, 0.05) is 5.56 Å². The summed E-state index contributed by atoms with van der Waals surface area (Å²) in [5.41, 5.74) is 3.92. The number of thiophene rings is 1. The molecule has 0 bridgehead atoms. The van der Waals surface area contributed by atoms with E-state index in [1.54, 1.807) is 17.5 Å². The minimum Gasteiger partial charge on any atom is -0.452 e. The fourth-order valence-electron chi connectivity index (χ4n) is 1.91. The van der Waals surface area contributed by atoms with Crippen LogP contribution in [0.3, 0.4) is 0 Å². The summed E-state index contributed by atoms with van der Waals surface area (Å²) in [5.74, 6) is -2.30. The van der Waals surface area contributed by atoms with Crippen molar-refractivity contribution in [3.63, 3.8) is 0 Å². The molecule has 130 valence electrons. The Balaban J connectivity index is 1.90. The van der Waals surface area contributed by atoms with Crippen LogP contribution >= 0.6 is 11.3 Å². The van der Waals surface area contributed by atoms with Gasteiger partial charge >= 0.3 is 5.97 Å². The van der Waals surface area contributed by atoms with E-state index in [0.29, 0.717) is 10.4 Å². The van der Waals surface area contributed by atoms with Crippen LogP contribution in [0.5, 0.6) is 0 Å². The second-order valence-electron chi connectivity index (χ2n) is 4.78. The Hall–Kier alpha value is -3.27. The molecule has 0 saturated heterocycles. The van der Waals surface area contributed by atoms with Gasteiger partial charge in [-0.05, 0) is 24.4 Å². The highest BCUT2D eigenvalue weighted by molar-refractivity contribution is 7.12. The fourth-order valence-corrected chi connectivity index (χ4v) is 2.53. The molecule has 0 aliphatic rings. The first-order chi connectivity index (χ1) is 11.9. The van der Waals surface area contributed by atoms with Crippen LogP contribution in [-0.2, 0) is 9.53 Å². The largest absolute Gasteiger partial charge is 0.452 e. The highest BCUT2D eigenvalue weighted by atomic mass is 32.1. The van der Waals surface area contributed by atoms with E-state index in [-0.39, 0.29) is 11.3 Å². The highest BCUT2D eigenvalue weighted by Gasteiger charge is 2.24. The Morgan fingerprint density at radius 3 is 2.60 bits per heavy atom. The van der Waals surface area contributed by atoms with E-state index in [0.717, 1.165) is 0 Å². The molecule has 0 radical (unpaired) electrons. The van der Waals surface area contributed by atoms with E-state index < -0.39 is 29.3 Å². The van der Waals surface area contributed by atoms with E-state index >= 15 is 0 Å². The second kappa shape index (κ2) is 8.02. The van der Waals surface area contributed by atoms with Crippen molar-refractivity contribution in [1.29, 1.82) is 0 Å². The van der Waals surface area contributed by atoms with Crippen LogP contribution in [0, 0.1) is 17.0 Å². The maximum absolute atomic E-state index is 12.0. The summed E-state index contributed by atoms with van der Waals surface area (Å²) in [6, 6.07) is 7.45. The summed E-state index contributed by atoms with van der Waals surface area (Å²) in [4.78, 5) is 45.9. The topological polar surface area (TPSA) is 128 Å². The van der Waals surface area contributed by atoms with Gasteiger partial charge in [0.15, 0.2) is 6.61 Å². The lowest BCUT2D eigenvalue weighted by atomic mass is 10.1. The number of rotatable bonds is 5. The number of nitrogens with one attached hydrogen (secondary N) is 2. The van der Waals surface area contributed by atoms with Gasteiger partial charge in [0.1, 0.15) is 5.56 Å². The molecule has 0 aliphatic carbocycles. The van der Waals surface area contributed by atoms with Crippen LogP contribution in [0.1, 0.15) is 25.6 Å². The van der Waals surface area contributed by atoms with Gasteiger partial charge in [-0.1, -0.05) is 18.2 Å². The van der Waals surface area contributed by atoms with Gasteiger partial charge in [-0.25, -0.2) is 4.79 Å². The Labute approximate surface area is 145 Å². The molecule has 1 aromatic carbocycles. The molecular formula is C15H13N3O6S. The van der Waals surface area contributed by atoms with E-state index in [1.165, 1.54) is 36.5 Å². The number of benzene rings is 1. The number of carbonyl (C=O) groups excluding carboxylic acids is 3. The number of aryl methyl sites for hydroxylation is 1. The van der Waals surface area contributed by atoms with Gasteiger partial charge in [-0.3, -0.25) is 30.6 Å². The average Bonchev–Trinajstić information content (AvgIpc) is 3.11. The van der Waals surface area contributed by atoms with Gasteiger partial charge in [0.25, 0.3) is 17.5 Å². The Morgan fingerprint density at radius 2 is 1.96 bits per heavy atom. The smallest absolute Gasteiger partial charge is 0.345 e. The van der Waals surface area contributed by atoms with E-state index in [2.05, 4.69) is 10.9 Å². The molecule has 2 aromatic rings. The van der Waals surface area contributed by atoms with E-state index in [1.807, 2.05) is 0 Å². The number of nitrogens with zero attached hydrogens (tertiary/aromatic N) is 1. The Bertz CT molecular complexity index is 819. The monoisotopic (exact) mass is 363 g/mol. The van der Waals surface area contributed by atoms with Gasteiger partial charge in [-0.2, -0.15) is 0 Å². The van der Waals surface area contributed by atoms with Gasteiger partial charge in [0.05, 0.1) is 9.80 Å². The van der Waals surface area contributed by atoms with Crippen molar-refractivity contribution >= 4 is 34.8 Å². The molecule has 0 spiro atoms. The van der Waals surface area contributed by atoms with Crippen molar-refractivity contribution in [2.75, 3.05) is 6.61 Å². The predicted octanol–water partition coefficient (Wildman–Crippen LogP) is 1.58. The Kier molecular flexibility index (Phi) is 5.79. The quantitative estimate of drug-likeness (QED) is 0.472. The van der Waals surface area contributed by atoms with Gasteiger partial charge < -0.3 is 4.74 Å². The van der Waals surface area contributed by atoms with Crippen molar-refractivity contribution in [3.8, 4) is 0 Å². The zero-order valence-corrected chi connectivity index (χ0v) is 13.8. The van der Waals surface area contributed by atoms with Gasteiger partial charge in [0.2, 0.25) is 0 Å². The molecular weight excluding hydrogens is 350 g/mol. The van der Waals surface area contributed by atoms with Crippen molar-refractivity contribution < 1.29 is 24.0 Å². The predicted molar refractivity (Wildman–Crippen MR) is 88.0 cm³/mol. The molecule has 9 nitrogen and oxygen atoms in total. The second-order valence-corrected chi connectivity index (χ2v) is 5.73. The van der Waals surface area contributed by atoms with Crippen LogP contribution in [0.15, 0.2) is 35.7 Å². The number of hydrogen-bond donors (Lipinski definition) is 2. The number of esters is 1. The fraction of sp³-hybridized carbons (Fsp3) is 0.133. The SMILES string of the molecule is Cc1cccc(C(=O)OCC(=O)NNC(=O)c2cccs2)c1[N+](=O)[O-]. The van der Waals surface area contributed by atoms with E-state index in [4.69, 9.17) is 4.74 Å². The van der Waals surface area contributed by atoms with Crippen molar-refractivity contribution in [2.24, 2.45) is 0 Å². The first kappa shape index (κ1) is 18.1. The first-order valence-corrected chi connectivity index (χ1v) is 7.82. The molecule has 1 heterocycles. The zero-order valence-electron chi connectivity index (χ0n) is 13.0. The molecule has 10 heteroatoms. The molecule has 0 saturated carbocycles. The summed E-state index contributed by atoms with van der Waals surface area (Å²) in [7, 11) is 0. The zero-order chi connectivity index (χ0) is 18.4. The third kappa shape index (κ3) is 4.61. The summed E-state index contributed by atoms with van der Waals surface area (Å²) >= 11 is 1.19. The third-order valence-corrected chi connectivity index (χ3v) is 3.90. The maximum atomic E-state index is 12.0. The molecule has 2 amide bonds. The van der Waals surface area contributed by atoms with Crippen LogP contribution in [0.2, 0.25) is 0 Å². The summed E-state index contributed by atoms with van der Waals surface area (Å²) in [5, 5.41) is 12.7. The number of carbonyl (C=O) groups is 3. The van der Waals surface area contributed by atoms with Crippen LogP contribution in [0.4, 0.5) is 5.69 Å². The van der Waals surface area contributed by atoms with Crippen molar-refractivity contribution in [2.45, 2.75) is 6.92 Å². The summed E-state index contributed by atoms with van der Waals surface area (Å²) in [6.07, 6.45) is 0. The van der Waals surface area contributed by atoms with Crippen LogP contribution < -0.4 is 10.9 Å². The molecule has 2 N–H and O–H groups in total. The Morgan fingerprint density at radius 1 is 1.20 bits per heavy atom. The first-order valence-electron chi connectivity index (χ1n) is 6.94. The number of amides is 2. The number of hydrogen-bond acceptors (Lipinski definition) is 7. The number of hydrazine groups is 1. The maximum Gasteiger partial charge on any atom is 0.345 e. The number of para-hydroxylation sites is 1. The average molecular weight is 363 g/mol. The molecule has 2 rings (SSSR count). The lowest BCUT2D eigenvalue weighted by Crippen LogP contribution is -2.43. The van der Waals surface area contributed by atoms with Crippen LogP contribution in [0.25, 0.3) is 0 Å². The summed E-state index contributed by atoms with van der Waals surface area (Å²) in [6.45, 7) is 0.788. The number of ether oxygens (including phenoxy) is 1. The lowest BCUT2D eigenvalue weighted by Gasteiger charge is -2.08. The molecule has 1 aromatic heterocycles. The molecule has 0 fully saturated rings. The molecule has 0 unspecified atom stereocenters. The molecule has 0 atom stereocenters. The normalized spacial score (nSPS) is 9.96. The van der Waals surface area contributed by atoms with E-state index in [9.17, 15) is 24.5 Å². The molecule has 25 heavy (non-hydrogen) atoms. The van der Waals surface area contributed by atoms with Crippen LogP contribution in [-0.4, -0.2) is 29.3 Å². The van der Waals surface area contributed by atoms with Gasteiger partial charge in [-0.15, -0.1) is 11.3 Å². The van der Waals surface area contributed by atoms with Crippen molar-refractivity contribution in [3.05, 3.63) is 61.8 Å². The standard InChI is InChI=1S/C15H13N3O6S/c1-9-4-2-5-10(13(9)18(22)23)15(21)24-8-12(19)16-17-14(20)11-6-3-7-25-11/h2-7H,8H2,1H3,(H,16,19)(H,17,20). The number of nitro benzene ring substituents is 1. The summed E-state index contributed by atoms with van der Waals surface area (Å²) < 4.78 is 4.75.